The molecule has 3 aliphatic rings. The third-order valence-corrected chi connectivity index (χ3v) is 7.55. The number of thiophene rings is 2. The highest BCUT2D eigenvalue weighted by Crippen LogP contribution is 2.60. The zero-order valence-corrected chi connectivity index (χ0v) is 15.2. The summed E-state index contributed by atoms with van der Waals surface area (Å²) in [4.78, 5) is 16.4. The molecule has 2 aliphatic heterocycles. The van der Waals surface area contributed by atoms with E-state index < -0.39 is 11.6 Å². The molecule has 1 saturated carbocycles. The van der Waals surface area contributed by atoms with Gasteiger partial charge in [0.1, 0.15) is 17.9 Å². The molecule has 7 heteroatoms. The van der Waals surface area contributed by atoms with Gasteiger partial charge in [-0.3, -0.25) is 4.90 Å². The van der Waals surface area contributed by atoms with E-state index in [-0.39, 0.29) is 11.6 Å². The van der Waals surface area contributed by atoms with E-state index in [1.807, 2.05) is 22.9 Å². The first-order chi connectivity index (χ1) is 12.1. The van der Waals surface area contributed by atoms with Gasteiger partial charge in [0.05, 0.1) is 9.75 Å². The van der Waals surface area contributed by atoms with Crippen molar-refractivity contribution in [3.63, 3.8) is 0 Å². The number of rotatable bonds is 5. The van der Waals surface area contributed by atoms with Gasteiger partial charge in [0.25, 0.3) is 0 Å². The van der Waals surface area contributed by atoms with Crippen molar-refractivity contribution in [2.75, 3.05) is 7.05 Å². The van der Waals surface area contributed by atoms with Crippen molar-refractivity contribution < 1.29 is 19.4 Å². The lowest BCUT2D eigenvalue weighted by atomic mass is 10.00. The molecule has 2 aromatic heterocycles. The molecule has 4 heterocycles. The van der Waals surface area contributed by atoms with Crippen molar-refractivity contribution in [2.45, 2.75) is 36.1 Å². The van der Waals surface area contributed by atoms with E-state index in [0.29, 0.717) is 15.8 Å². The highest BCUT2D eigenvalue weighted by Gasteiger charge is 2.71. The molecule has 1 aliphatic carbocycles. The van der Waals surface area contributed by atoms with Gasteiger partial charge in [-0.05, 0) is 29.9 Å². The number of carbonyl (C=O) groups is 1. The summed E-state index contributed by atoms with van der Waals surface area (Å²) in [6, 6.07) is 7.57. The van der Waals surface area contributed by atoms with E-state index in [1.165, 1.54) is 22.7 Å². The topological polar surface area (TPSA) is 62.1 Å². The van der Waals surface area contributed by atoms with Crippen LogP contribution in [0.1, 0.15) is 22.6 Å². The summed E-state index contributed by atoms with van der Waals surface area (Å²) in [6.07, 6.45) is 3.06. The van der Waals surface area contributed by atoms with Crippen LogP contribution in [0.15, 0.2) is 47.0 Å². The molecule has 1 saturated heterocycles. The van der Waals surface area contributed by atoms with Crippen molar-refractivity contribution in [3.05, 3.63) is 56.8 Å². The second-order valence-electron chi connectivity index (χ2n) is 6.78. The van der Waals surface area contributed by atoms with Gasteiger partial charge in [0.2, 0.25) is 5.60 Å². The van der Waals surface area contributed by atoms with Gasteiger partial charge < -0.3 is 14.6 Å². The summed E-state index contributed by atoms with van der Waals surface area (Å²) in [7, 11) is 2.07. The molecule has 0 spiro atoms. The Morgan fingerprint density at radius 2 is 2.00 bits per heavy atom. The van der Waals surface area contributed by atoms with Crippen molar-refractivity contribution in [3.8, 4) is 0 Å². The molecule has 4 atom stereocenters. The number of nitrogens with zero attached hydrogens (tertiary/aromatic N) is 1. The zero-order valence-electron chi connectivity index (χ0n) is 13.5. The van der Waals surface area contributed by atoms with Crippen LogP contribution in [-0.2, 0) is 19.9 Å². The number of carbonyl (C=O) groups excluding carboxylic acids is 1. The van der Waals surface area contributed by atoms with E-state index in [9.17, 15) is 9.90 Å². The van der Waals surface area contributed by atoms with Crippen LogP contribution in [-0.4, -0.2) is 40.7 Å². The van der Waals surface area contributed by atoms with Crippen molar-refractivity contribution in [2.24, 2.45) is 0 Å². The summed E-state index contributed by atoms with van der Waals surface area (Å²) < 4.78 is 11.1. The van der Waals surface area contributed by atoms with Crippen LogP contribution in [0, 0.1) is 0 Å². The van der Waals surface area contributed by atoms with E-state index in [2.05, 4.69) is 11.9 Å². The molecule has 2 unspecified atom stereocenters. The molecule has 130 valence electrons. The van der Waals surface area contributed by atoms with Gasteiger partial charge in [-0.1, -0.05) is 12.1 Å². The minimum absolute atomic E-state index is 0.0884. The monoisotopic (exact) mass is 375 g/mol. The molecule has 5 rings (SSSR count). The first-order valence-electron chi connectivity index (χ1n) is 8.18. The average molecular weight is 375 g/mol. The predicted octanol–water partition coefficient (Wildman–Crippen LogP) is 2.68. The number of ether oxygens (including phenoxy) is 2. The lowest BCUT2D eigenvalue weighted by molar-refractivity contribution is -0.167. The Morgan fingerprint density at radius 3 is 2.52 bits per heavy atom. The molecule has 0 bridgehead atoms. The molecule has 5 nitrogen and oxygen atoms in total. The second-order valence-corrected chi connectivity index (χ2v) is 8.68. The Balaban J connectivity index is 1.39. The third-order valence-electron chi connectivity index (χ3n) is 5.59. The van der Waals surface area contributed by atoms with E-state index in [4.69, 9.17) is 9.47 Å². The Morgan fingerprint density at radius 1 is 1.36 bits per heavy atom. The highest BCUT2D eigenvalue weighted by molar-refractivity contribution is 7.12. The molecule has 2 aromatic rings. The van der Waals surface area contributed by atoms with Crippen LogP contribution < -0.4 is 0 Å². The highest BCUT2D eigenvalue weighted by atomic mass is 32.1. The van der Waals surface area contributed by atoms with Crippen molar-refractivity contribution in [1.29, 1.82) is 0 Å². The molecule has 0 amide bonds. The quantitative estimate of drug-likeness (QED) is 0.643. The number of piperidine rings is 1. The first-order valence-corrected chi connectivity index (χ1v) is 9.94. The average Bonchev–Trinajstić information content (AvgIpc) is 3.26. The molecule has 2 fully saturated rings. The Bertz CT molecular complexity index is 810. The molecule has 0 radical (unpaired) electrons. The van der Waals surface area contributed by atoms with Gasteiger partial charge >= 0.3 is 5.97 Å². The van der Waals surface area contributed by atoms with Gasteiger partial charge in [-0.15, -0.1) is 22.7 Å². The van der Waals surface area contributed by atoms with E-state index in [0.717, 1.165) is 18.6 Å². The fourth-order valence-electron chi connectivity index (χ4n) is 4.15. The smallest absolute Gasteiger partial charge is 0.349 e. The minimum atomic E-state index is -1.73. The normalized spacial score (nSPS) is 32.6. The van der Waals surface area contributed by atoms with Gasteiger partial charge in [-0.25, -0.2) is 4.79 Å². The maximum Gasteiger partial charge on any atom is 0.349 e. The summed E-state index contributed by atoms with van der Waals surface area (Å²) >= 11 is 2.71. The van der Waals surface area contributed by atoms with Gasteiger partial charge in [0.15, 0.2) is 5.76 Å². The summed E-state index contributed by atoms with van der Waals surface area (Å²) in [5, 5.41) is 15.0. The van der Waals surface area contributed by atoms with Crippen LogP contribution in [0.3, 0.4) is 0 Å². The molecule has 1 N–H and O–H groups in total. The Hall–Kier alpha value is -1.67. The number of hydrogen-bond acceptors (Lipinski definition) is 7. The number of likely N-dealkylation sites (N-methyl/N-ethyl adjacent to an activating group) is 1. The fraction of sp³-hybridized carbons (Fsp3) is 0.389. The maximum atomic E-state index is 13.0. The lowest BCUT2D eigenvalue weighted by Gasteiger charge is -2.27. The Kier molecular flexibility index (Phi) is 3.22. The Labute approximate surface area is 153 Å². The minimum Gasteiger partial charge on any atom is -0.460 e. The predicted molar refractivity (Wildman–Crippen MR) is 94.2 cm³/mol. The maximum absolute atomic E-state index is 13.0. The standard InChI is InChI=1S/C18H17NO4S2/c1-19-12-8-11(9-17(12,19)13-10-22-13)23-16(20)18(21,14-4-2-6-24-14)15-5-3-7-25-15/h2-7,10-12,21H,8-9H2,1H3/t11-,12?,17+,19?/m0/s1. The number of fused-ring (bicyclic) bond motifs is 1. The number of aliphatic hydroxyl groups is 1. The molecule has 25 heavy (non-hydrogen) atoms. The number of likely N-dealkylation sites (tertiary alicyclic amines) is 1. The van der Waals surface area contributed by atoms with Crippen LogP contribution in [0.2, 0.25) is 0 Å². The summed E-state index contributed by atoms with van der Waals surface area (Å²) in [5.41, 5.74) is -1.82. The number of hydrogen-bond donors (Lipinski definition) is 1. The molecule has 0 aromatic carbocycles. The summed E-state index contributed by atoms with van der Waals surface area (Å²) in [6.45, 7) is 0. The van der Waals surface area contributed by atoms with Crippen molar-refractivity contribution in [1.82, 2.24) is 4.90 Å². The largest absolute Gasteiger partial charge is 0.460 e. The molecular formula is C18H17NO4S2. The zero-order chi connectivity index (χ0) is 17.2. The van der Waals surface area contributed by atoms with Crippen LogP contribution in [0.5, 0.6) is 0 Å². The van der Waals surface area contributed by atoms with Crippen LogP contribution in [0.4, 0.5) is 0 Å². The lowest BCUT2D eigenvalue weighted by Crippen LogP contribution is -2.39. The molecular weight excluding hydrogens is 358 g/mol. The summed E-state index contributed by atoms with van der Waals surface area (Å²) in [5.74, 6) is 0.400. The van der Waals surface area contributed by atoms with E-state index in [1.54, 1.807) is 18.4 Å². The SMILES string of the molecule is CN1C2C[C@H](OC(=O)C(O)(c3cccs3)c3cccs3)C[C@]21C1=CO1. The van der Waals surface area contributed by atoms with Gasteiger partial charge in [0, 0.05) is 18.9 Å². The first kappa shape index (κ1) is 15.6. The van der Waals surface area contributed by atoms with Crippen LogP contribution >= 0.6 is 22.7 Å². The second kappa shape index (κ2) is 5.17. The fourth-order valence-corrected chi connectivity index (χ4v) is 5.86. The van der Waals surface area contributed by atoms with Crippen LogP contribution in [0.25, 0.3) is 0 Å². The number of esters is 1. The van der Waals surface area contributed by atoms with Gasteiger partial charge in [-0.2, -0.15) is 0 Å². The van der Waals surface area contributed by atoms with Crippen molar-refractivity contribution >= 4 is 28.6 Å². The van der Waals surface area contributed by atoms with E-state index >= 15 is 0 Å². The third kappa shape index (κ3) is 2.10.